The summed E-state index contributed by atoms with van der Waals surface area (Å²) < 4.78 is 0. The smallest absolute Gasteiger partial charge is 0.239 e. The third-order valence-electron chi connectivity index (χ3n) is 4.81. The highest BCUT2D eigenvalue weighted by Gasteiger charge is 2.26. The fraction of sp³-hybridized carbons (Fsp3) is 0.875. The lowest BCUT2D eigenvalue weighted by atomic mass is 9.84. The third-order valence-corrected chi connectivity index (χ3v) is 4.81. The summed E-state index contributed by atoms with van der Waals surface area (Å²) in [6, 6.07) is 0.195. The monoisotopic (exact) mass is 331 g/mol. The summed E-state index contributed by atoms with van der Waals surface area (Å²) in [4.78, 5) is 26.0. The van der Waals surface area contributed by atoms with Crippen molar-refractivity contribution in [1.29, 1.82) is 0 Å². The van der Waals surface area contributed by atoms with Crippen molar-refractivity contribution < 1.29 is 9.59 Å². The molecule has 0 radical (unpaired) electrons. The SMILES string of the molecule is Cl.NCC1CCCCC1NC(=O)CN1CCCCCCC1=O. The lowest BCUT2D eigenvalue weighted by Gasteiger charge is -2.32. The van der Waals surface area contributed by atoms with E-state index < -0.39 is 0 Å². The van der Waals surface area contributed by atoms with Gasteiger partial charge >= 0.3 is 0 Å². The lowest BCUT2D eigenvalue weighted by molar-refractivity contribution is -0.137. The fourth-order valence-electron chi connectivity index (χ4n) is 3.49. The van der Waals surface area contributed by atoms with Gasteiger partial charge in [-0.25, -0.2) is 0 Å². The Kier molecular flexibility index (Phi) is 8.79. The molecule has 0 spiro atoms. The number of nitrogens with two attached hydrogens (primary N) is 1. The average Bonchev–Trinajstić information content (AvgIpc) is 2.47. The third kappa shape index (κ3) is 5.76. The van der Waals surface area contributed by atoms with Crippen LogP contribution in [0.2, 0.25) is 0 Å². The molecule has 22 heavy (non-hydrogen) atoms. The molecule has 6 heteroatoms. The van der Waals surface area contributed by atoms with Gasteiger partial charge in [0, 0.05) is 19.0 Å². The molecule has 1 saturated heterocycles. The predicted octanol–water partition coefficient (Wildman–Crippen LogP) is 1.83. The molecule has 2 aliphatic rings. The van der Waals surface area contributed by atoms with Crippen LogP contribution in [-0.2, 0) is 9.59 Å². The standard InChI is InChI=1S/C16H29N3O2.ClH/c17-11-13-7-4-5-8-14(13)18-15(20)12-19-10-6-2-1-3-9-16(19)21;/h13-14H,1-12,17H2,(H,18,20);1H. The first-order valence-electron chi connectivity index (χ1n) is 8.48. The molecule has 128 valence electrons. The average molecular weight is 332 g/mol. The molecule has 2 atom stereocenters. The molecule has 2 unspecified atom stereocenters. The van der Waals surface area contributed by atoms with E-state index in [9.17, 15) is 9.59 Å². The van der Waals surface area contributed by atoms with Gasteiger partial charge < -0.3 is 16.0 Å². The van der Waals surface area contributed by atoms with Crippen molar-refractivity contribution >= 4 is 24.2 Å². The highest BCUT2D eigenvalue weighted by atomic mass is 35.5. The summed E-state index contributed by atoms with van der Waals surface area (Å²) in [5, 5.41) is 3.11. The molecule has 3 N–H and O–H groups in total. The molecule has 2 amide bonds. The molecule has 1 aliphatic heterocycles. The Bertz CT molecular complexity index is 365. The first-order valence-corrected chi connectivity index (χ1v) is 8.48. The van der Waals surface area contributed by atoms with Crippen molar-refractivity contribution in [1.82, 2.24) is 10.2 Å². The van der Waals surface area contributed by atoms with Gasteiger partial charge in [0.05, 0.1) is 6.54 Å². The highest BCUT2D eigenvalue weighted by molar-refractivity contribution is 5.85. The first-order chi connectivity index (χ1) is 10.2. The second kappa shape index (κ2) is 10.1. The Hall–Kier alpha value is -0.810. The fourth-order valence-corrected chi connectivity index (χ4v) is 3.49. The predicted molar refractivity (Wildman–Crippen MR) is 89.9 cm³/mol. The minimum absolute atomic E-state index is 0. The van der Waals surface area contributed by atoms with Gasteiger partial charge in [0.2, 0.25) is 11.8 Å². The first kappa shape index (κ1) is 19.2. The van der Waals surface area contributed by atoms with Gasteiger partial charge in [-0.2, -0.15) is 0 Å². The van der Waals surface area contributed by atoms with Crippen molar-refractivity contribution in [2.45, 2.75) is 63.8 Å². The summed E-state index contributed by atoms with van der Waals surface area (Å²) in [6.07, 6.45) is 9.31. The molecule has 2 rings (SSSR count). The van der Waals surface area contributed by atoms with Gasteiger partial charge in [0.15, 0.2) is 0 Å². The molecular formula is C16H30ClN3O2. The Morgan fingerprint density at radius 3 is 2.64 bits per heavy atom. The maximum Gasteiger partial charge on any atom is 0.239 e. The number of nitrogens with zero attached hydrogens (tertiary/aromatic N) is 1. The van der Waals surface area contributed by atoms with E-state index in [0.29, 0.717) is 18.9 Å². The van der Waals surface area contributed by atoms with E-state index in [1.165, 1.54) is 6.42 Å². The number of hydrogen-bond acceptors (Lipinski definition) is 3. The zero-order valence-corrected chi connectivity index (χ0v) is 14.2. The molecule has 1 saturated carbocycles. The zero-order valence-electron chi connectivity index (χ0n) is 13.4. The minimum atomic E-state index is -0.0192. The molecule has 2 fully saturated rings. The number of hydrogen-bond donors (Lipinski definition) is 2. The van der Waals surface area contributed by atoms with E-state index >= 15 is 0 Å². The molecule has 5 nitrogen and oxygen atoms in total. The van der Waals surface area contributed by atoms with Crippen LogP contribution >= 0.6 is 12.4 Å². The summed E-state index contributed by atoms with van der Waals surface area (Å²) in [6.45, 7) is 1.57. The number of halogens is 1. The Morgan fingerprint density at radius 1 is 1.14 bits per heavy atom. The van der Waals surface area contributed by atoms with Crippen LogP contribution in [-0.4, -0.2) is 42.4 Å². The van der Waals surface area contributed by atoms with Gasteiger partial charge in [-0.1, -0.05) is 25.7 Å². The quantitative estimate of drug-likeness (QED) is 0.825. The number of rotatable bonds is 4. The van der Waals surface area contributed by atoms with E-state index in [-0.39, 0.29) is 36.8 Å². The number of carbonyl (C=O) groups is 2. The van der Waals surface area contributed by atoms with Gasteiger partial charge in [-0.05, 0) is 38.1 Å². The number of likely N-dealkylation sites (tertiary alicyclic amines) is 1. The largest absolute Gasteiger partial charge is 0.352 e. The van der Waals surface area contributed by atoms with E-state index in [0.717, 1.165) is 51.5 Å². The van der Waals surface area contributed by atoms with Gasteiger partial charge in [0.25, 0.3) is 0 Å². The number of nitrogens with one attached hydrogen (secondary N) is 1. The number of amides is 2. The minimum Gasteiger partial charge on any atom is -0.352 e. The van der Waals surface area contributed by atoms with E-state index in [1.54, 1.807) is 4.90 Å². The van der Waals surface area contributed by atoms with Crippen LogP contribution in [0.4, 0.5) is 0 Å². The molecule has 0 aromatic rings. The van der Waals surface area contributed by atoms with Crippen molar-refractivity contribution in [3.05, 3.63) is 0 Å². The van der Waals surface area contributed by atoms with Crippen LogP contribution in [0.15, 0.2) is 0 Å². The van der Waals surface area contributed by atoms with Crippen LogP contribution in [0.3, 0.4) is 0 Å². The lowest BCUT2D eigenvalue weighted by Crippen LogP contribution is -2.49. The summed E-state index contributed by atoms with van der Waals surface area (Å²) >= 11 is 0. The zero-order chi connectivity index (χ0) is 15.1. The summed E-state index contributed by atoms with van der Waals surface area (Å²) in [7, 11) is 0. The molecule has 0 aromatic heterocycles. The second-order valence-electron chi connectivity index (χ2n) is 6.43. The van der Waals surface area contributed by atoms with Crippen LogP contribution in [0.25, 0.3) is 0 Å². The van der Waals surface area contributed by atoms with Gasteiger partial charge in [0.1, 0.15) is 0 Å². The van der Waals surface area contributed by atoms with Crippen LogP contribution in [0.5, 0.6) is 0 Å². The maximum atomic E-state index is 12.2. The van der Waals surface area contributed by atoms with Crippen molar-refractivity contribution in [3.63, 3.8) is 0 Å². The topological polar surface area (TPSA) is 75.4 Å². The van der Waals surface area contributed by atoms with Gasteiger partial charge in [-0.3, -0.25) is 9.59 Å². The van der Waals surface area contributed by atoms with E-state index in [4.69, 9.17) is 5.73 Å². The molecule has 0 aromatic carbocycles. The maximum absolute atomic E-state index is 12.2. The van der Waals surface area contributed by atoms with Crippen molar-refractivity contribution in [2.24, 2.45) is 11.7 Å². The van der Waals surface area contributed by atoms with Crippen molar-refractivity contribution in [2.75, 3.05) is 19.6 Å². The number of carbonyl (C=O) groups excluding carboxylic acids is 2. The van der Waals surface area contributed by atoms with Crippen molar-refractivity contribution in [3.8, 4) is 0 Å². The molecular weight excluding hydrogens is 302 g/mol. The van der Waals surface area contributed by atoms with E-state index in [2.05, 4.69) is 5.32 Å². The summed E-state index contributed by atoms with van der Waals surface area (Å²) in [5.41, 5.74) is 5.80. The second-order valence-corrected chi connectivity index (χ2v) is 6.43. The Labute approximate surface area is 139 Å². The van der Waals surface area contributed by atoms with Crippen LogP contribution < -0.4 is 11.1 Å². The normalized spacial score (nSPS) is 26.6. The van der Waals surface area contributed by atoms with Crippen LogP contribution in [0.1, 0.15) is 57.8 Å². The van der Waals surface area contributed by atoms with Crippen LogP contribution in [0, 0.1) is 5.92 Å². The Morgan fingerprint density at radius 2 is 1.86 bits per heavy atom. The van der Waals surface area contributed by atoms with E-state index in [1.807, 2.05) is 0 Å². The van der Waals surface area contributed by atoms with Gasteiger partial charge in [-0.15, -0.1) is 12.4 Å². The molecule has 0 bridgehead atoms. The Balaban J connectivity index is 0.00000242. The highest BCUT2D eigenvalue weighted by Crippen LogP contribution is 2.23. The molecule has 1 aliphatic carbocycles. The molecule has 1 heterocycles. The summed E-state index contributed by atoms with van der Waals surface area (Å²) in [5.74, 6) is 0.504.